The van der Waals surface area contributed by atoms with Crippen LogP contribution in [0.3, 0.4) is 0 Å². The summed E-state index contributed by atoms with van der Waals surface area (Å²) in [6.07, 6.45) is 3.09. The Hall–Kier alpha value is -3.66. The molecule has 0 fully saturated rings. The van der Waals surface area contributed by atoms with Gasteiger partial charge in [-0.25, -0.2) is 4.79 Å². The minimum atomic E-state index is -0.972. The Morgan fingerprint density at radius 1 is 0.821 bits per heavy atom. The van der Waals surface area contributed by atoms with Gasteiger partial charge in [-0.1, -0.05) is 72.8 Å². The molecule has 28 heavy (non-hydrogen) atoms. The van der Waals surface area contributed by atoms with Crippen molar-refractivity contribution in [3.05, 3.63) is 107 Å². The quantitative estimate of drug-likeness (QED) is 0.617. The highest BCUT2D eigenvalue weighted by atomic mass is 16.5. The maximum atomic E-state index is 13.5. The number of hydrogen-bond donors (Lipinski definition) is 0. The Kier molecular flexibility index (Phi) is 3.83. The summed E-state index contributed by atoms with van der Waals surface area (Å²) in [6, 6.07) is 24.0. The van der Waals surface area contributed by atoms with E-state index in [1.54, 1.807) is 29.2 Å². The van der Waals surface area contributed by atoms with Crippen LogP contribution in [0, 0.1) is 0 Å². The lowest BCUT2D eigenvalue weighted by Gasteiger charge is -2.41. The van der Waals surface area contributed by atoms with Gasteiger partial charge in [-0.15, -0.1) is 0 Å². The zero-order valence-electron chi connectivity index (χ0n) is 15.0. The molecule has 5 rings (SSSR count). The molecule has 4 nitrogen and oxygen atoms in total. The molecule has 3 aromatic carbocycles. The van der Waals surface area contributed by atoms with Gasteiger partial charge in [-0.05, 0) is 29.3 Å². The molecule has 0 unspecified atom stereocenters. The number of rotatable bonds is 2. The summed E-state index contributed by atoms with van der Waals surface area (Å²) in [4.78, 5) is 27.9. The van der Waals surface area contributed by atoms with Gasteiger partial charge in [-0.2, -0.15) is 0 Å². The highest BCUT2D eigenvalue weighted by Crippen LogP contribution is 2.44. The number of anilines is 1. The highest BCUT2D eigenvalue weighted by Gasteiger charge is 2.43. The number of para-hydroxylation sites is 1. The van der Waals surface area contributed by atoms with Gasteiger partial charge in [0.25, 0.3) is 5.91 Å². The lowest BCUT2D eigenvalue weighted by Crippen LogP contribution is -2.45. The summed E-state index contributed by atoms with van der Waals surface area (Å²) in [5, 5.41) is 0. The number of ether oxygens (including phenoxy) is 1. The lowest BCUT2D eigenvalue weighted by atomic mass is 9.86. The van der Waals surface area contributed by atoms with Gasteiger partial charge < -0.3 is 4.74 Å². The molecular weight excluding hydrogens is 350 g/mol. The molecule has 0 aliphatic carbocycles. The van der Waals surface area contributed by atoms with Gasteiger partial charge in [0.05, 0.1) is 17.3 Å². The minimum Gasteiger partial charge on any atom is -0.444 e. The van der Waals surface area contributed by atoms with Crippen molar-refractivity contribution in [1.82, 2.24) is 0 Å². The van der Waals surface area contributed by atoms with E-state index < -0.39 is 12.1 Å². The second-order valence-corrected chi connectivity index (χ2v) is 6.85. The Morgan fingerprint density at radius 2 is 1.50 bits per heavy atom. The normalized spacial score (nSPS) is 19.4. The predicted octanol–water partition coefficient (Wildman–Crippen LogP) is 4.70. The SMILES string of the molecule is O=C(O[C@@H]1C(=O)N2c3ccccc3C=C[C@@H]2c2ccccc21)c1ccccc1. The van der Waals surface area contributed by atoms with Crippen molar-refractivity contribution >= 4 is 23.6 Å². The van der Waals surface area contributed by atoms with Crippen molar-refractivity contribution in [2.75, 3.05) is 4.90 Å². The molecule has 0 N–H and O–H groups in total. The van der Waals surface area contributed by atoms with Crippen LogP contribution in [-0.4, -0.2) is 11.9 Å². The third-order valence-electron chi connectivity index (χ3n) is 5.23. The number of benzene rings is 3. The van der Waals surface area contributed by atoms with Crippen molar-refractivity contribution in [2.24, 2.45) is 0 Å². The topological polar surface area (TPSA) is 46.6 Å². The van der Waals surface area contributed by atoms with Crippen LogP contribution in [0.25, 0.3) is 6.08 Å². The molecule has 2 atom stereocenters. The fraction of sp³-hybridized carbons (Fsp3) is 0.0833. The first-order valence-corrected chi connectivity index (χ1v) is 9.19. The van der Waals surface area contributed by atoms with Gasteiger partial charge in [0.15, 0.2) is 0 Å². The number of nitrogens with zero attached hydrogens (tertiary/aromatic N) is 1. The summed E-state index contributed by atoms with van der Waals surface area (Å²) < 4.78 is 5.73. The molecule has 0 saturated heterocycles. The standard InChI is InChI=1S/C24H17NO3/c26-23-22(28-24(27)17-9-2-1-3-10-17)19-12-6-5-11-18(19)21-15-14-16-8-4-7-13-20(16)25(21)23/h1-15,21-22H/t21-,22+/m1/s1. The van der Waals surface area contributed by atoms with E-state index in [9.17, 15) is 9.59 Å². The van der Waals surface area contributed by atoms with E-state index in [1.165, 1.54) is 0 Å². The zero-order valence-corrected chi connectivity index (χ0v) is 15.0. The molecule has 0 spiro atoms. The molecule has 2 heterocycles. The third-order valence-corrected chi connectivity index (χ3v) is 5.23. The summed E-state index contributed by atoms with van der Waals surface area (Å²) >= 11 is 0. The number of esters is 1. The first kappa shape index (κ1) is 16.5. The van der Waals surface area contributed by atoms with Crippen molar-refractivity contribution in [3.63, 3.8) is 0 Å². The fourth-order valence-corrected chi connectivity index (χ4v) is 3.92. The number of carbonyl (C=O) groups is 2. The van der Waals surface area contributed by atoms with Crippen LogP contribution in [0.15, 0.2) is 84.9 Å². The van der Waals surface area contributed by atoms with Crippen molar-refractivity contribution < 1.29 is 14.3 Å². The van der Waals surface area contributed by atoms with E-state index in [0.29, 0.717) is 5.56 Å². The summed E-state index contributed by atoms with van der Waals surface area (Å²) in [5.41, 5.74) is 3.93. The smallest absolute Gasteiger partial charge is 0.339 e. The molecule has 1 amide bonds. The minimum absolute atomic E-state index is 0.203. The maximum Gasteiger partial charge on any atom is 0.339 e. The van der Waals surface area contributed by atoms with Gasteiger partial charge >= 0.3 is 5.97 Å². The van der Waals surface area contributed by atoms with Crippen molar-refractivity contribution in [2.45, 2.75) is 12.1 Å². The third kappa shape index (κ3) is 2.54. The summed E-state index contributed by atoms with van der Waals surface area (Å²) in [6.45, 7) is 0. The largest absolute Gasteiger partial charge is 0.444 e. The lowest BCUT2D eigenvalue weighted by molar-refractivity contribution is -0.128. The van der Waals surface area contributed by atoms with Crippen LogP contribution in [0.5, 0.6) is 0 Å². The van der Waals surface area contributed by atoms with E-state index in [-0.39, 0.29) is 11.9 Å². The van der Waals surface area contributed by atoms with Crippen LogP contribution < -0.4 is 4.90 Å². The van der Waals surface area contributed by atoms with Crippen LogP contribution in [0.4, 0.5) is 5.69 Å². The van der Waals surface area contributed by atoms with Gasteiger partial charge in [0, 0.05) is 5.56 Å². The second kappa shape index (κ2) is 6.50. The van der Waals surface area contributed by atoms with E-state index in [4.69, 9.17) is 4.74 Å². The molecule has 136 valence electrons. The summed E-state index contributed by atoms with van der Waals surface area (Å²) in [5.74, 6) is -0.738. The number of carbonyl (C=O) groups excluding carboxylic acids is 2. The number of fused-ring (bicyclic) bond motifs is 5. The van der Waals surface area contributed by atoms with Gasteiger partial charge in [-0.3, -0.25) is 9.69 Å². The van der Waals surface area contributed by atoms with Gasteiger partial charge in [0.1, 0.15) is 0 Å². The van der Waals surface area contributed by atoms with E-state index in [0.717, 1.165) is 22.4 Å². The summed E-state index contributed by atoms with van der Waals surface area (Å²) in [7, 11) is 0. The molecule has 4 heteroatoms. The van der Waals surface area contributed by atoms with E-state index >= 15 is 0 Å². The Morgan fingerprint density at radius 3 is 2.32 bits per heavy atom. The zero-order chi connectivity index (χ0) is 19.1. The van der Waals surface area contributed by atoms with E-state index in [1.807, 2.05) is 66.7 Å². The molecular formula is C24H17NO3. The van der Waals surface area contributed by atoms with Crippen LogP contribution in [-0.2, 0) is 9.53 Å². The first-order chi connectivity index (χ1) is 13.7. The van der Waals surface area contributed by atoms with Crippen LogP contribution >= 0.6 is 0 Å². The molecule has 0 radical (unpaired) electrons. The average molecular weight is 367 g/mol. The first-order valence-electron chi connectivity index (χ1n) is 9.19. The van der Waals surface area contributed by atoms with Crippen LogP contribution in [0.1, 0.15) is 39.2 Å². The Labute approximate surface area is 162 Å². The predicted molar refractivity (Wildman–Crippen MR) is 107 cm³/mol. The monoisotopic (exact) mass is 367 g/mol. The molecule has 3 aromatic rings. The van der Waals surface area contributed by atoms with Crippen molar-refractivity contribution in [1.29, 1.82) is 0 Å². The van der Waals surface area contributed by atoms with Gasteiger partial charge in [0.2, 0.25) is 6.10 Å². The maximum absolute atomic E-state index is 13.5. The molecule has 2 aliphatic heterocycles. The number of amides is 1. The van der Waals surface area contributed by atoms with E-state index in [2.05, 4.69) is 0 Å². The molecule has 0 aromatic heterocycles. The fourth-order valence-electron chi connectivity index (χ4n) is 3.92. The van der Waals surface area contributed by atoms with Crippen molar-refractivity contribution in [3.8, 4) is 0 Å². The molecule has 2 aliphatic rings. The Bertz CT molecular complexity index is 1100. The highest BCUT2D eigenvalue weighted by molar-refractivity contribution is 6.04. The second-order valence-electron chi connectivity index (χ2n) is 6.85. The van der Waals surface area contributed by atoms with Crippen LogP contribution in [0.2, 0.25) is 0 Å². The molecule has 0 bridgehead atoms. The average Bonchev–Trinajstić information content (AvgIpc) is 2.76. The Balaban J connectivity index is 1.60. The number of hydrogen-bond acceptors (Lipinski definition) is 3. The molecule has 0 saturated carbocycles.